The van der Waals surface area contributed by atoms with Gasteiger partial charge in [0, 0.05) is 14.8 Å². The number of nitrogens with zero attached hydrogens (tertiary/aromatic N) is 3. The van der Waals surface area contributed by atoms with E-state index in [1.54, 1.807) is 4.80 Å². The first-order chi connectivity index (χ1) is 13.5. The van der Waals surface area contributed by atoms with E-state index in [9.17, 15) is 4.79 Å². The van der Waals surface area contributed by atoms with Crippen molar-refractivity contribution in [3.05, 3.63) is 81.4 Å². The van der Waals surface area contributed by atoms with Gasteiger partial charge in [-0.1, -0.05) is 26.0 Å². The van der Waals surface area contributed by atoms with Gasteiger partial charge >= 0.3 is 0 Å². The zero-order chi connectivity index (χ0) is 19.7. The molecular weight excluding hydrogens is 463 g/mol. The summed E-state index contributed by atoms with van der Waals surface area (Å²) in [5.74, 6) is 0.338. The maximum Gasteiger partial charge on any atom is 0.255 e. The first kappa shape index (κ1) is 18.6. The summed E-state index contributed by atoms with van der Waals surface area (Å²) in [7, 11) is 0. The van der Waals surface area contributed by atoms with Gasteiger partial charge in [0.1, 0.15) is 11.0 Å². The van der Waals surface area contributed by atoms with Gasteiger partial charge < -0.3 is 5.32 Å². The van der Waals surface area contributed by atoms with E-state index in [0.717, 1.165) is 20.3 Å². The number of aromatic nitrogens is 3. The molecule has 1 N–H and O–H groups in total. The highest BCUT2D eigenvalue weighted by Gasteiger charge is 2.09. The number of carbonyl (C=O) groups is 1. The van der Waals surface area contributed by atoms with Crippen molar-refractivity contribution in [3.63, 3.8) is 0 Å². The second-order valence-electron chi connectivity index (χ2n) is 6.90. The largest absolute Gasteiger partial charge is 0.322 e. The third kappa shape index (κ3) is 3.91. The van der Waals surface area contributed by atoms with Crippen LogP contribution in [0.3, 0.4) is 0 Å². The van der Waals surface area contributed by atoms with E-state index in [1.165, 1.54) is 5.56 Å². The molecule has 4 rings (SSSR count). The summed E-state index contributed by atoms with van der Waals surface area (Å²) in [5.41, 5.74) is 5.01. The number of carbonyl (C=O) groups excluding carboxylic acids is 1. The Morgan fingerprint density at radius 2 is 1.61 bits per heavy atom. The Kier molecular flexibility index (Phi) is 5.13. The summed E-state index contributed by atoms with van der Waals surface area (Å²) >= 11 is 2.22. The molecule has 6 heteroatoms. The van der Waals surface area contributed by atoms with Crippen LogP contribution >= 0.6 is 22.6 Å². The minimum atomic E-state index is -0.146. The number of hydrogen-bond donors (Lipinski definition) is 1. The van der Waals surface area contributed by atoms with Crippen LogP contribution in [0.25, 0.3) is 16.7 Å². The van der Waals surface area contributed by atoms with Crippen LogP contribution < -0.4 is 5.32 Å². The lowest BCUT2D eigenvalue weighted by Crippen LogP contribution is -2.11. The minimum absolute atomic E-state index is 0.146. The summed E-state index contributed by atoms with van der Waals surface area (Å²) in [6.45, 7) is 4.34. The van der Waals surface area contributed by atoms with Crippen LogP contribution in [-0.2, 0) is 0 Å². The van der Waals surface area contributed by atoms with Gasteiger partial charge in [0.05, 0.1) is 5.69 Å². The van der Waals surface area contributed by atoms with Crippen LogP contribution in [0, 0.1) is 3.57 Å². The third-order valence-electron chi connectivity index (χ3n) is 4.54. The molecule has 0 saturated carbocycles. The average molecular weight is 482 g/mol. The summed E-state index contributed by atoms with van der Waals surface area (Å²) in [6.07, 6.45) is 0. The number of fused-ring (bicyclic) bond motifs is 1. The van der Waals surface area contributed by atoms with Crippen molar-refractivity contribution in [3.8, 4) is 5.69 Å². The van der Waals surface area contributed by atoms with Gasteiger partial charge in [-0.15, -0.1) is 10.2 Å². The molecule has 1 amide bonds. The monoisotopic (exact) mass is 482 g/mol. The fourth-order valence-electron chi connectivity index (χ4n) is 2.90. The second kappa shape index (κ2) is 7.71. The van der Waals surface area contributed by atoms with E-state index in [1.807, 2.05) is 54.6 Å². The predicted molar refractivity (Wildman–Crippen MR) is 120 cm³/mol. The van der Waals surface area contributed by atoms with Gasteiger partial charge in [-0.3, -0.25) is 4.79 Å². The molecule has 0 saturated heterocycles. The van der Waals surface area contributed by atoms with Gasteiger partial charge in [-0.2, -0.15) is 4.80 Å². The molecule has 28 heavy (non-hydrogen) atoms. The maximum absolute atomic E-state index is 12.4. The van der Waals surface area contributed by atoms with E-state index in [2.05, 4.69) is 64.1 Å². The number of halogens is 1. The molecule has 3 aromatic carbocycles. The lowest BCUT2D eigenvalue weighted by atomic mass is 10.0. The van der Waals surface area contributed by atoms with Crippen molar-refractivity contribution in [2.24, 2.45) is 0 Å². The Balaban J connectivity index is 1.57. The zero-order valence-electron chi connectivity index (χ0n) is 15.6. The molecule has 0 aliphatic rings. The van der Waals surface area contributed by atoms with Crippen LogP contribution in [0.5, 0.6) is 0 Å². The Bertz CT molecular complexity index is 1130. The molecule has 0 unspecified atom stereocenters. The molecule has 0 aliphatic carbocycles. The molecular formula is C22H19IN4O. The van der Waals surface area contributed by atoms with Crippen molar-refractivity contribution in [1.82, 2.24) is 15.0 Å². The van der Waals surface area contributed by atoms with Crippen LogP contribution in [0.4, 0.5) is 5.69 Å². The highest BCUT2D eigenvalue weighted by atomic mass is 127. The van der Waals surface area contributed by atoms with Crippen LogP contribution in [-0.4, -0.2) is 20.9 Å². The van der Waals surface area contributed by atoms with Gasteiger partial charge in [0.25, 0.3) is 5.91 Å². The predicted octanol–water partition coefficient (Wildman–Crippen LogP) is 5.40. The summed E-state index contributed by atoms with van der Waals surface area (Å²) in [6, 6.07) is 21.2. The first-order valence-electron chi connectivity index (χ1n) is 9.04. The summed E-state index contributed by atoms with van der Waals surface area (Å²) < 4.78 is 1.09. The van der Waals surface area contributed by atoms with Gasteiger partial charge in [-0.25, -0.2) is 0 Å². The van der Waals surface area contributed by atoms with Crippen molar-refractivity contribution >= 4 is 45.2 Å². The smallest absolute Gasteiger partial charge is 0.255 e. The maximum atomic E-state index is 12.4. The molecule has 0 fully saturated rings. The molecule has 0 atom stereocenters. The fourth-order valence-corrected chi connectivity index (χ4v) is 3.26. The van der Waals surface area contributed by atoms with Crippen molar-refractivity contribution in [2.75, 3.05) is 5.32 Å². The normalized spacial score (nSPS) is 11.1. The molecule has 0 aliphatic heterocycles. The average Bonchev–Trinajstić information content (AvgIpc) is 3.12. The summed E-state index contributed by atoms with van der Waals surface area (Å²) in [5, 5.41) is 12.0. The van der Waals surface area contributed by atoms with Crippen LogP contribution in [0.2, 0.25) is 0 Å². The molecule has 5 nitrogen and oxygen atoms in total. The molecule has 1 aromatic heterocycles. The molecule has 4 aromatic rings. The summed E-state index contributed by atoms with van der Waals surface area (Å²) in [4.78, 5) is 14.0. The first-order valence-corrected chi connectivity index (χ1v) is 10.1. The highest BCUT2D eigenvalue weighted by Crippen LogP contribution is 2.20. The lowest BCUT2D eigenvalue weighted by Gasteiger charge is -2.05. The number of benzene rings is 3. The van der Waals surface area contributed by atoms with Crippen LogP contribution in [0.15, 0.2) is 66.7 Å². The quantitative estimate of drug-likeness (QED) is 0.397. The van der Waals surface area contributed by atoms with Gasteiger partial charge in [0.2, 0.25) is 0 Å². The number of rotatable bonds is 4. The number of anilines is 1. The number of nitrogens with one attached hydrogen (secondary N) is 1. The molecule has 0 bridgehead atoms. The number of hydrogen-bond acceptors (Lipinski definition) is 3. The molecule has 0 radical (unpaired) electrons. The van der Waals surface area contributed by atoms with Gasteiger partial charge in [-0.05, 0) is 88.7 Å². The minimum Gasteiger partial charge on any atom is -0.322 e. The Hall–Kier alpha value is -2.74. The molecule has 1 heterocycles. The van der Waals surface area contributed by atoms with E-state index in [-0.39, 0.29) is 5.91 Å². The SMILES string of the molecule is CC(C)c1ccc(-n2nc3ccc(NC(=O)c4ccc(I)cc4)cc3n2)cc1. The van der Waals surface area contributed by atoms with E-state index in [4.69, 9.17) is 0 Å². The second-order valence-corrected chi connectivity index (χ2v) is 8.15. The Morgan fingerprint density at radius 1 is 0.929 bits per heavy atom. The lowest BCUT2D eigenvalue weighted by molar-refractivity contribution is 0.102. The zero-order valence-corrected chi connectivity index (χ0v) is 17.7. The topological polar surface area (TPSA) is 59.8 Å². The van der Waals surface area contributed by atoms with Crippen molar-refractivity contribution < 1.29 is 4.79 Å². The Labute approximate surface area is 176 Å². The third-order valence-corrected chi connectivity index (χ3v) is 5.25. The van der Waals surface area contributed by atoms with Crippen LogP contribution in [0.1, 0.15) is 35.7 Å². The fraction of sp³-hybridized carbons (Fsp3) is 0.136. The highest BCUT2D eigenvalue weighted by molar-refractivity contribution is 14.1. The molecule has 0 spiro atoms. The van der Waals surface area contributed by atoms with E-state index in [0.29, 0.717) is 17.2 Å². The molecule has 140 valence electrons. The van der Waals surface area contributed by atoms with Crippen molar-refractivity contribution in [2.45, 2.75) is 19.8 Å². The van der Waals surface area contributed by atoms with Crippen molar-refractivity contribution in [1.29, 1.82) is 0 Å². The number of amides is 1. The standard InChI is InChI=1S/C22H19IN4O/c1-14(2)15-5-10-19(11-6-15)27-25-20-12-9-18(13-21(20)26-27)24-22(28)16-3-7-17(23)8-4-16/h3-14H,1-2H3,(H,24,28). The van der Waals surface area contributed by atoms with E-state index >= 15 is 0 Å². The van der Waals surface area contributed by atoms with Gasteiger partial charge in [0.15, 0.2) is 0 Å². The Morgan fingerprint density at radius 3 is 2.29 bits per heavy atom. The van der Waals surface area contributed by atoms with E-state index < -0.39 is 0 Å².